The Morgan fingerprint density at radius 3 is 1.15 bits per heavy atom. The van der Waals surface area contributed by atoms with Crippen LogP contribution in [0.4, 0.5) is 0 Å². The van der Waals surface area contributed by atoms with Crippen LogP contribution in [-0.2, 0) is 31.0 Å². The molecule has 196 valence electrons. The van der Waals surface area contributed by atoms with E-state index in [1.807, 2.05) is 48.5 Å². The van der Waals surface area contributed by atoms with Gasteiger partial charge in [-0.3, -0.25) is 14.8 Å². The minimum atomic E-state index is 0.213. The van der Waals surface area contributed by atoms with E-state index in [9.17, 15) is 4.79 Å². The van der Waals surface area contributed by atoms with Crippen LogP contribution >= 0.6 is 0 Å². The summed E-state index contributed by atoms with van der Waals surface area (Å²) in [6, 6.07) is 41.5. The molecule has 0 saturated heterocycles. The van der Waals surface area contributed by atoms with Crippen LogP contribution < -0.4 is 0 Å². The Balaban J connectivity index is 1.47. The van der Waals surface area contributed by atoms with Gasteiger partial charge in [0.25, 0.3) is 0 Å². The van der Waals surface area contributed by atoms with E-state index in [1.165, 1.54) is 22.3 Å². The summed E-state index contributed by atoms with van der Waals surface area (Å²) in [6.07, 6.45) is 1.41. The number of carbonyl (C=O) groups excluding carboxylic acids is 1. The molecule has 0 aromatic heterocycles. The highest BCUT2D eigenvalue weighted by Gasteiger charge is 2.24. The topological polar surface area (TPSA) is 48.3 Å². The predicted molar refractivity (Wildman–Crippen MR) is 158 cm³/mol. The van der Waals surface area contributed by atoms with Crippen molar-refractivity contribution < 1.29 is 4.79 Å². The molecule has 0 amide bonds. The van der Waals surface area contributed by atoms with Gasteiger partial charge in [-0.2, -0.15) is 10.2 Å². The molecule has 0 heterocycles. The summed E-state index contributed by atoms with van der Waals surface area (Å²) in [7, 11) is 0. The minimum absolute atomic E-state index is 0.213. The van der Waals surface area contributed by atoms with E-state index in [4.69, 9.17) is 10.2 Å². The van der Waals surface area contributed by atoms with E-state index in [1.54, 1.807) is 0 Å². The number of benzene rings is 4. The van der Waals surface area contributed by atoms with Crippen LogP contribution in [0, 0.1) is 0 Å². The molecule has 4 aromatic rings. The van der Waals surface area contributed by atoms with Gasteiger partial charge in [0.1, 0.15) is 5.78 Å². The molecule has 39 heavy (non-hydrogen) atoms. The van der Waals surface area contributed by atoms with Crippen LogP contribution in [0.1, 0.15) is 41.5 Å². The van der Waals surface area contributed by atoms with Gasteiger partial charge >= 0.3 is 0 Å². The van der Waals surface area contributed by atoms with Crippen LogP contribution in [0.5, 0.6) is 0 Å². The van der Waals surface area contributed by atoms with Crippen LogP contribution in [-0.4, -0.2) is 27.2 Å². The largest absolute Gasteiger partial charge is 0.299 e. The van der Waals surface area contributed by atoms with Crippen molar-refractivity contribution in [1.82, 2.24) is 10.0 Å². The molecular formula is C34H34N4O. The smallest absolute Gasteiger partial charge is 0.139 e. The van der Waals surface area contributed by atoms with E-state index in [0.717, 1.165) is 11.4 Å². The third kappa shape index (κ3) is 7.99. The maximum Gasteiger partial charge on any atom is 0.139 e. The maximum absolute atomic E-state index is 12.6. The number of carbonyl (C=O) groups is 1. The number of ketones is 1. The van der Waals surface area contributed by atoms with Gasteiger partial charge in [-0.25, -0.2) is 0 Å². The van der Waals surface area contributed by atoms with Gasteiger partial charge in [-0.1, -0.05) is 121 Å². The van der Waals surface area contributed by atoms with Crippen molar-refractivity contribution in [2.24, 2.45) is 10.2 Å². The third-order valence-electron chi connectivity index (χ3n) is 6.69. The molecule has 0 radical (unpaired) electrons. The molecule has 1 fully saturated rings. The van der Waals surface area contributed by atoms with Crippen molar-refractivity contribution >= 4 is 17.2 Å². The van der Waals surface area contributed by atoms with E-state index >= 15 is 0 Å². The summed E-state index contributed by atoms with van der Waals surface area (Å²) in [6.45, 7) is 2.66. The molecule has 1 aliphatic rings. The molecule has 0 bridgehead atoms. The summed E-state index contributed by atoms with van der Waals surface area (Å²) in [4.78, 5) is 12.6. The second-order valence-electron chi connectivity index (χ2n) is 9.90. The summed E-state index contributed by atoms with van der Waals surface area (Å²) in [5.74, 6) is 0.213. The fraction of sp³-hybridized carbons (Fsp3) is 0.206. The SMILES string of the molecule is O=C1CCC(=NN(Cc2ccccc2)Cc2ccccc2)C(=NN(Cc2ccccc2)Cc2ccccc2)C1. The standard InChI is InChI=1S/C34H34N4O/c39-32-21-22-33(35-37(24-28-13-5-1-6-14-28)25-29-15-7-2-8-16-29)34(23-32)36-38(26-30-17-9-3-10-18-30)27-31-19-11-4-12-20-31/h1-20H,21-27H2. The highest BCUT2D eigenvalue weighted by Crippen LogP contribution is 2.18. The molecule has 0 spiro atoms. The van der Waals surface area contributed by atoms with Gasteiger partial charge < -0.3 is 0 Å². The van der Waals surface area contributed by atoms with Crippen molar-refractivity contribution in [3.8, 4) is 0 Å². The molecule has 1 aliphatic carbocycles. The number of hydrogen-bond donors (Lipinski definition) is 0. The Labute approximate surface area is 231 Å². The average molecular weight is 515 g/mol. The first kappa shape index (κ1) is 26.1. The summed E-state index contributed by atoms with van der Waals surface area (Å²) in [5.41, 5.74) is 6.40. The predicted octanol–water partition coefficient (Wildman–Crippen LogP) is 6.86. The molecule has 0 unspecified atom stereocenters. The van der Waals surface area contributed by atoms with Crippen molar-refractivity contribution in [3.05, 3.63) is 144 Å². The summed E-state index contributed by atoms with van der Waals surface area (Å²) in [5, 5.41) is 14.4. The monoisotopic (exact) mass is 514 g/mol. The lowest BCUT2D eigenvalue weighted by molar-refractivity contribution is -0.117. The zero-order valence-electron chi connectivity index (χ0n) is 22.2. The van der Waals surface area contributed by atoms with Crippen molar-refractivity contribution in [3.63, 3.8) is 0 Å². The van der Waals surface area contributed by atoms with Crippen LogP contribution in [0.25, 0.3) is 0 Å². The Morgan fingerprint density at radius 2 is 0.795 bits per heavy atom. The number of Topliss-reactive ketones (excluding diaryl/α,β-unsaturated/α-hetero) is 1. The van der Waals surface area contributed by atoms with Crippen molar-refractivity contribution in [1.29, 1.82) is 0 Å². The molecule has 0 aliphatic heterocycles. The Bertz CT molecular complexity index is 1300. The van der Waals surface area contributed by atoms with Gasteiger partial charge in [-0.05, 0) is 22.3 Å². The first-order chi connectivity index (χ1) is 19.2. The lowest BCUT2D eigenvalue weighted by atomic mass is 9.95. The second kappa shape index (κ2) is 13.3. The zero-order valence-corrected chi connectivity index (χ0v) is 22.2. The van der Waals surface area contributed by atoms with Gasteiger partial charge in [0.2, 0.25) is 0 Å². The normalized spacial score (nSPS) is 15.4. The first-order valence-electron chi connectivity index (χ1n) is 13.5. The maximum atomic E-state index is 12.6. The first-order valence-corrected chi connectivity index (χ1v) is 13.5. The lowest BCUT2D eigenvalue weighted by Crippen LogP contribution is -2.31. The molecule has 5 rings (SSSR count). The van der Waals surface area contributed by atoms with Crippen LogP contribution in [0.2, 0.25) is 0 Å². The van der Waals surface area contributed by atoms with Gasteiger partial charge in [0.05, 0.1) is 44.0 Å². The second-order valence-corrected chi connectivity index (χ2v) is 9.90. The highest BCUT2D eigenvalue weighted by molar-refractivity contribution is 6.46. The van der Waals surface area contributed by atoms with Crippen molar-refractivity contribution in [2.75, 3.05) is 0 Å². The molecular weight excluding hydrogens is 480 g/mol. The van der Waals surface area contributed by atoms with E-state index in [-0.39, 0.29) is 5.78 Å². The Morgan fingerprint density at radius 1 is 0.462 bits per heavy atom. The van der Waals surface area contributed by atoms with Crippen LogP contribution in [0.15, 0.2) is 132 Å². The summed E-state index contributed by atoms with van der Waals surface area (Å²) >= 11 is 0. The Hall–Kier alpha value is -4.51. The van der Waals surface area contributed by atoms with Gasteiger partial charge in [-0.15, -0.1) is 0 Å². The number of hydrogen-bond acceptors (Lipinski definition) is 5. The third-order valence-corrected chi connectivity index (χ3v) is 6.69. The fourth-order valence-corrected chi connectivity index (χ4v) is 4.75. The molecule has 5 heteroatoms. The minimum Gasteiger partial charge on any atom is -0.299 e. The molecule has 0 N–H and O–H groups in total. The highest BCUT2D eigenvalue weighted by atomic mass is 16.1. The number of rotatable bonds is 10. The molecule has 4 aromatic carbocycles. The van der Waals surface area contributed by atoms with E-state index < -0.39 is 0 Å². The average Bonchev–Trinajstić information content (AvgIpc) is 2.97. The van der Waals surface area contributed by atoms with Crippen LogP contribution in [0.3, 0.4) is 0 Å². The fourth-order valence-electron chi connectivity index (χ4n) is 4.75. The van der Waals surface area contributed by atoms with Crippen molar-refractivity contribution in [2.45, 2.75) is 45.4 Å². The quantitative estimate of drug-likeness (QED) is 0.217. The number of nitrogens with zero attached hydrogens (tertiary/aromatic N) is 4. The van der Waals surface area contributed by atoms with E-state index in [0.29, 0.717) is 45.4 Å². The molecule has 5 nitrogen and oxygen atoms in total. The Kier molecular flexibility index (Phi) is 8.93. The summed E-state index contributed by atoms with van der Waals surface area (Å²) < 4.78 is 0. The molecule has 1 saturated carbocycles. The lowest BCUT2D eigenvalue weighted by Gasteiger charge is -2.26. The van der Waals surface area contributed by atoms with E-state index in [2.05, 4.69) is 82.8 Å². The zero-order chi connectivity index (χ0) is 26.7. The van der Waals surface area contributed by atoms with Gasteiger partial charge in [0.15, 0.2) is 0 Å². The van der Waals surface area contributed by atoms with Gasteiger partial charge in [0, 0.05) is 12.8 Å². The number of hydrazone groups is 2. The molecule has 0 atom stereocenters.